The zero-order valence-corrected chi connectivity index (χ0v) is 14.0. The molecule has 0 aromatic heterocycles. The number of esters is 2. The Bertz CT molecular complexity index is 794. The highest BCUT2D eigenvalue weighted by molar-refractivity contribution is 5.96. The van der Waals surface area contributed by atoms with Crippen molar-refractivity contribution in [1.82, 2.24) is 0 Å². The Kier molecular flexibility index (Phi) is 4.88. The van der Waals surface area contributed by atoms with Crippen molar-refractivity contribution in [2.45, 2.75) is 6.92 Å². The predicted molar refractivity (Wildman–Crippen MR) is 90.2 cm³/mol. The van der Waals surface area contributed by atoms with Gasteiger partial charge in [-0.3, -0.25) is 0 Å². The summed E-state index contributed by atoms with van der Waals surface area (Å²) in [7, 11) is 1.34. The predicted octanol–water partition coefficient (Wildman–Crippen LogP) is 3.09. The molecule has 6 heteroatoms. The Balaban J connectivity index is 2.02. The van der Waals surface area contributed by atoms with E-state index in [1.807, 2.05) is 0 Å². The van der Waals surface area contributed by atoms with Gasteiger partial charge in [-0.2, -0.15) is 0 Å². The van der Waals surface area contributed by atoms with Crippen molar-refractivity contribution in [1.29, 1.82) is 0 Å². The third kappa shape index (κ3) is 3.28. The summed E-state index contributed by atoms with van der Waals surface area (Å²) >= 11 is 0. The Hall–Kier alpha value is -3.02. The van der Waals surface area contributed by atoms with Gasteiger partial charge in [0.15, 0.2) is 11.5 Å². The number of fused-ring (bicyclic) bond motifs is 1. The highest BCUT2D eigenvalue weighted by Crippen LogP contribution is 2.42. The van der Waals surface area contributed by atoms with Gasteiger partial charge in [-0.1, -0.05) is 12.1 Å². The quantitative estimate of drug-likeness (QED) is 0.795. The molecule has 0 atom stereocenters. The molecule has 0 bridgehead atoms. The summed E-state index contributed by atoms with van der Waals surface area (Å²) in [5.74, 6) is 0.0459. The van der Waals surface area contributed by atoms with Crippen LogP contribution in [0.4, 0.5) is 0 Å². The fraction of sp³-hybridized carbons (Fsp3) is 0.263. The monoisotopic (exact) mass is 342 g/mol. The molecule has 25 heavy (non-hydrogen) atoms. The van der Waals surface area contributed by atoms with E-state index in [9.17, 15) is 9.59 Å². The zero-order chi connectivity index (χ0) is 17.8. The highest BCUT2D eigenvalue weighted by atomic mass is 16.6. The van der Waals surface area contributed by atoms with Crippen LogP contribution in [0.3, 0.4) is 0 Å². The number of benzene rings is 2. The summed E-state index contributed by atoms with van der Waals surface area (Å²) in [5.41, 5.74) is 2.41. The fourth-order valence-electron chi connectivity index (χ4n) is 2.64. The van der Waals surface area contributed by atoms with Gasteiger partial charge in [0.25, 0.3) is 0 Å². The molecule has 1 heterocycles. The number of carbonyl (C=O) groups excluding carboxylic acids is 2. The van der Waals surface area contributed by atoms with Crippen LogP contribution in [0.15, 0.2) is 36.4 Å². The zero-order valence-electron chi connectivity index (χ0n) is 14.0. The molecule has 1 aliphatic heterocycles. The molecule has 2 aromatic carbocycles. The average Bonchev–Trinajstić information content (AvgIpc) is 2.67. The largest absolute Gasteiger partial charge is 0.485 e. The van der Waals surface area contributed by atoms with Crippen LogP contribution in [0.1, 0.15) is 27.6 Å². The minimum Gasteiger partial charge on any atom is -0.485 e. The highest BCUT2D eigenvalue weighted by Gasteiger charge is 2.25. The summed E-state index contributed by atoms with van der Waals surface area (Å²) < 4.78 is 21.2. The Morgan fingerprint density at radius 1 is 0.960 bits per heavy atom. The van der Waals surface area contributed by atoms with Gasteiger partial charge < -0.3 is 18.9 Å². The lowest BCUT2D eigenvalue weighted by atomic mass is 10.00. The van der Waals surface area contributed by atoms with E-state index in [1.54, 1.807) is 43.3 Å². The molecule has 2 aromatic rings. The first-order chi connectivity index (χ1) is 12.2. The van der Waals surface area contributed by atoms with Crippen molar-refractivity contribution in [3.05, 3.63) is 47.5 Å². The summed E-state index contributed by atoms with van der Waals surface area (Å²) in [6.45, 7) is 2.79. The molecular weight excluding hydrogens is 324 g/mol. The molecule has 0 aliphatic carbocycles. The molecule has 0 fully saturated rings. The lowest BCUT2D eigenvalue weighted by Crippen LogP contribution is -2.19. The van der Waals surface area contributed by atoms with Gasteiger partial charge in [-0.05, 0) is 36.8 Å². The van der Waals surface area contributed by atoms with E-state index in [4.69, 9.17) is 18.9 Å². The van der Waals surface area contributed by atoms with E-state index >= 15 is 0 Å². The van der Waals surface area contributed by atoms with E-state index < -0.39 is 11.9 Å². The van der Waals surface area contributed by atoms with E-state index in [-0.39, 0.29) is 6.61 Å². The number of hydrogen-bond acceptors (Lipinski definition) is 6. The lowest BCUT2D eigenvalue weighted by Gasteiger charge is -2.23. The molecule has 0 spiro atoms. The summed E-state index contributed by atoms with van der Waals surface area (Å²) in [6.07, 6.45) is 0. The molecule has 0 amide bonds. The van der Waals surface area contributed by atoms with Gasteiger partial charge in [-0.15, -0.1) is 0 Å². The first-order valence-corrected chi connectivity index (χ1v) is 7.94. The van der Waals surface area contributed by atoms with Crippen molar-refractivity contribution in [3.63, 3.8) is 0 Å². The minimum absolute atomic E-state index is 0.283. The molecule has 130 valence electrons. The van der Waals surface area contributed by atoms with Crippen molar-refractivity contribution >= 4 is 11.9 Å². The van der Waals surface area contributed by atoms with Crippen LogP contribution >= 0.6 is 0 Å². The van der Waals surface area contributed by atoms with Crippen LogP contribution in [0.5, 0.6) is 11.5 Å². The number of methoxy groups -OCH3 is 1. The van der Waals surface area contributed by atoms with Crippen molar-refractivity contribution in [3.8, 4) is 22.6 Å². The van der Waals surface area contributed by atoms with E-state index in [1.165, 1.54) is 7.11 Å². The topological polar surface area (TPSA) is 71.1 Å². The Morgan fingerprint density at radius 2 is 1.64 bits per heavy atom. The van der Waals surface area contributed by atoms with Crippen molar-refractivity contribution < 1.29 is 28.5 Å². The smallest absolute Gasteiger partial charge is 0.342 e. The lowest BCUT2D eigenvalue weighted by molar-refractivity contribution is 0.0515. The van der Waals surface area contributed by atoms with Crippen LogP contribution in [-0.4, -0.2) is 38.9 Å². The van der Waals surface area contributed by atoms with Gasteiger partial charge in [-0.25, -0.2) is 9.59 Å². The normalized spacial score (nSPS) is 12.4. The Morgan fingerprint density at radius 3 is 2.28 bits per heavy atom. The number of rotatable bonds is 4. The minimum atomic E-state index is -0.447. The third-order valence-corrected chi connectivity index (χ3v) is 3.80. The SMILES string of the molecule is CCOC(=O)c1ccc(-c2ccc(C(=O)OC)cc2)c2c1OCCO2. The average molecular weight is 342 g/mol. The first-order valence-electron chi connectivity index (χ1n) is 7.94. The molecule has 0 unspecified atom stereocenters. The summed E-state index contributed by atoms with van der Waals surface area (Å²) in [6, 6.07) is 10.4. The van der Waals surface area contributed by atoms with E-state index in [0.29, 0.717) is 35.8 Å². The third-order valence-electron chi connectivity index (χ3n) is 3.80. The summed E-state index contributed by atoms with van der Waals surface area (Å²) in [4.78, 5) is 23.7. The van der Waals surface area contributed by atoms with Crippen LogP contribution in [0.25, 0.3) is 11.1 Å². The van der Waals surface area contributed by atoms with Crippen LogP contribution in [0, 0.1) is 0 Å². The number of ether oxygens (including phenoxy) is 4. The van der Waals surface area contributed by atoms with Crippen molar-refractivity contribution in [2.24, 2.45) is 0 Å². The molecule has 3 rings (SSSR count). The molecular formula is C19H18O6. The molecule has 0 saturated carbocycles. The molecule has 1 aliphatic rings. The second kappa shape index (κ2) is 7.25. The Labute approximate surface area is 145 Å². The maximum Gasteiger partial charge on any atom is 0.342 e. The van der Waals surface area contributed by atoms with Crippen LogP contribution in [-0.2, 0) is 9.47 Å². The molecule has 0 radical (unpaired) electrons. The molecule has 0 saturated heterocycles. The fourth-order valence-corrected chi connectivity index (χ4v) is 2.64. The van der Waals surface area contributed by atoms with Crippen molar-refractivity contribution in [2.75, 3.05) is 26.9 Å². The van der Waals surface area contributed by atoms with E-state index in [0.717, 1.165) is 11.1 Å². The van der Waals surface area contributed by atoms with Gasteiger partial charge in [0.05, 0.1) is 19.3 Å². The number of hydrogen-bond donors (Lipinski definition) is 0. The van der Waals surface area contributed by atoms with E-state index in [2.05, 4.69) is 0 Å². The van der Waals surface area contributed by atoms with Gasteiger partial charge in [0.1, 0.15) is 18.8 Å². The van der Waals surface area contributed by atoms with Gasteiger partial charge >= 0.3 is 11.9 Å². The maximum atomic E-state index is 12.1. The second-order valence-electron chi connectivity index (χ2n) is 5.31. The number of carbonyl (C=O) groups is 2. The van der Waals surface area contributed by atoms with Gasteiger partial charge in [0.2, 0.25) is 0 Å². The summed E-state index contributed by atoms with van der Waals surface area (Å²) in [5, 5.41) is 0. The standard InChI is InChI=1S/C19H18O6/c1-3-23-19(21)15-9-8-14(16-17(15)25-11-10-24-16)12-4-6-13(7-5-12)18(20)22-2/h4-9H,3,10-11H2,1-2H3. The van der Waals surface area contributed by atoms with Crippen LogP contribution < -0.4 is 9.47 Å². The second-order valence-corrected chi connectivity index (χ2v) is 5.31. The first kappa shape index (κ1) is 16.8. The van der Waals surface area contributed by atoms with Crippen LogP contribution in [0.2, 0.25) is 0 Å². The molecule has 6 nitrogen and oxygen atoms in total. The van der Waals surface area contributed by atoms with Gasteiger partial charge in [0, 0.05) is 5.56 Å². The maximum absolute atomic E-state index is 12.1. The molecule has 0 N–H and O–H groups in total.